The quantitative estimate of drug-likeness (QED) is 0.100. The zero-order chi connectivity index (χ0) is 32.8. The molecule has 0 fully saturated rings. The van der Waals surface area contributed by atoms with E-state index in [1.165, 1.54) is 0 Å². The zero-order valence-electron chi connectivity index (χ0n) is 25.6. The first-order chi connectivity index (χ1) is 21.5. The van der Waals surface area contributed by atoms with Gasteiger partial charge in [-0.1, -0.05) is 72.4 Å². The molecule has 0 aromatic heterocycles. The normalized spacial score (nSPS) is 12.4. The van der Waals surface area contributed by atoms with Crippen molar-refractivity contribution < 1.29 is 32.2 Å². The lowest BCUT2D eigenvalue weighted by Gasteiger charge is -2.25. The van der Waals surface area contributed by atoms with Gasteiger partial charge in [0.05, 0.1) is 6.61 Å². The summed E-state index contributed by atoms with van der Waals surface area (Å²) < 4.78 is 50.7. The van der Waals surface area contributed by atoms with Gasteiger partial charge in [-0.25, -0.2) is 0 Å². The molecule has 3 aromatic carbocycles. The third-order valence-corrected chi connectivity index (χ3v) is 8.08. The first kappa shape index (κ1) is 36.4. The van der Waals surface area contributed by atoms with Crippen LogP contribution in [0.1, 0.15) is 61.6 Å². The number of Topliss-reactive ketones (excluding diaryl/α,β-unsaturated/α-hetero) is 1. The van der Waals surface area contributed by atoms with Gasteiger partial charge in [0.2, 0.25) is 5.78 Å². The highest BCUT2D eigenvalue weighted by molar-refractivity contribution is 6.30. The third-order valence-electron chi connectivity index (χ3n) is 7.58. The van der Waals surface area contributed by atoms with Gasteiger partial charge >= 0.3 is 12.1 Å². The lowest BCUT2D eigenvalue weighted by atomic mass is 9.89. The monoisotopic (exact) mass is 665 g/mol. The number of carbonyl (C=O) groups is 2. The fourth-order valence-electron chi connectivity index (χ4n) is 5.15. The molecule has 0 aliphatic carbocycles. The largest absolute Gasteiger partial charge is 0.492 e. The molecule has 10 heteroatoms. The zero-order valence-corrected chi connectivity index (χ0v) is 27.1. The Morgan fingerprint density at radius 1 is 0.844 bits per heavy atom. The Labute approximate surface area is 273 Å². The van der Waals surface area contributed by atoms with Gasteiger partial charge in [-0.15, -0.1) is 0 Å². The number of nitrogens with zero attached hydrogens (tertiary/aromatic N) is 1. The fraction of sp³-hybridized carbons (Fsp3) is 0.429. The predicted molar refractivity (Wildman–Crippen MR) is 172 cm³/mol. The Morgan fingerprint density at radius 2 is 1.42 bits per heavy atom. The maximum absolute atomic E-state index is 13.3. The average molecular weight is 667 g/mol. The number of ether oxygens (including phenoxy) is 2. The Morgan fingerprint density at radius 3 is 1.96 bits per heavy atom. The molecule has 0 radical (unpaired) electrons. The van der Waals surface area contributed by atoms with Gasteiger partial charge < -0.3 is 14.4 Å². The summed E-state index contributed by atoms with van der Waals surface area (Å²) in [4.78, 5) is 25.8. The van der Waals surface area contributed by atoms with Crippen LogP contribution in [-0.2, 0) is 20.7 Å². The number of hydrogen-bond donors (Lipinski definition) is 0. The van der Waals surface area contributed by atoms with Crippen LogP contribution < -0.4 is 4.74 Å². The number of likely N-dealkylation sites (N-methyl/N-ethyl adjacent to an activating group) is 1. The second-order valence-corrected chi connectivity index (χ2v) is 12.0. The maximum atomic E-state index is 13.3. The molecule has 1 atom stereocenters. The molecule has 3 aromatic rings. The predicted octanol–water partition coefficient (Wildman–Crippen LogP) is 8.94. The molecule has 0 bridgehead atoms. The number of benzene rings is 3. The van der Waals surface area contributed by atoms with E-state index in [4.69, 9.17) is 32.7 Å². The van der Waals surface area contributed by atoms with E-state index in [0.29, 0.717) is 60.4 Å². The fourth-order valence-corrected chi connectivity index (χ4v) is 5.40. The van der Waals surface area contributed by atoms with Crippen molar-refractivity contribution in [1.82, 2.24) is 4.90 Å². The summed E-state index contributed by atoms with van der Waals surface area (Å²) in [5.41, 5.74) is 2.88. The first-order valence-corrected chi connectivity index (χ1v) is 15.9. The Balaban J connectivity index is 1.52. The Hall–Kier alpha value is -3.07. The molecule has 3 rings (SSSR count). The summed E-state index contributed by atoms with van der Waals surface area (Å²) in [5.74, 6) is -2.53. The van der Waals surface area contributed by atoms with Crippen molar-refractivity contribution >= 4 is 35.0 Å². The van der Waals surface area contributed by atoms with Gasteiger partial charge in [0.1, 0.15) is 12.4 Å². The van der Waals surface area contributed by atoms with Crippen LogP contribution in [0.4, 0.5) is 13.2 Å². The minimum atomic E-state index is -4.90. The van der Waals surface area contributed by atoms with Crippen LogP contribution in [-0.4, -0.2) is 56.2 Å². The van der Waals surface area contributed by atoms with Crippen molar-refractivity contribution in [2.24, 2.45) is 5.92 Å². The van der Waals surface area contributed by atoms with E-state index in [-0.39, 0.29) is 31.1 Å². The second kappa shape index (κ2) is 18.2. The smallest absolute Gasteiger partial charge is 0.450 e. The van der Waals surface area contributed by atoms with E-state index in [2.05, 4.69) is 4.90 Å². The molecule has 0 spiro atoms. The van der Waals surface area contributed by atoms with Crippen molar-refractivity contribution in [1.29, 1.82) is 0 Å². The standard InChI is InChI=1S/C35H40Cl2F3NO4/c1-3-44-33(42)8-6-4-5-7-28(34(43)35(38,39)40)23-25-9-19-31(20-10-25)45-22-21-41(2)24-32(26-11-15-29(36)16-12-26)27-13-17-30(37)18-14-27/h9-20,28,32H,3-8,21-24H2,1-2H3. The van der Waals surface area contributed by atoms with E-state index in [1.807, 2.05) is 55.6 Å². The lowest BCUT2D eigenvalue weighted by Crippen LogP contribution is -2.31. The van der Waals surface area contributed by atoms with E-state index in [0.717, 1.165) is 17.7 Å². The Kier molecular flexibility index (Phi) is 14.7. The topological polar surface area (TPSA) is 55.8 Å². The molecule has 244 valence electrons. The summed E-state index contributed by atoms with van der Waals surface area (Å²) in [6, 6.07) is 22.4. The highest BCUT2D eigenvalue weighted by atomic mass is 35.5. The second-order valence-electron chi connectivity index (χ2n) is 11.1. The van der Waals surface area contributed by atoms with Crippen LogP contribution in [0, 0.1) is 5.92 Å². The van der Waals surface area contributed by atoms with Gasteiger partial charge in [-0.05, 0) is 86.3 Å². The molecule has 0 aliphatic heterocycles. The molecule has 45 heavy (non-hydrogen) atoms. The summed E-state index contributed by atoms with van der Waals surface area (Å²) >= 11 is 12.2. The van der Waals surface area contributed by atoms with Gasteiger partial charge in [0.15, 0.2) is 0 Å². The van der Waals surface area contributed by atoms with E-state index in [9.17, 15) is 22.8 Å². The van der Waals surface area contributed by atoms with Crippen LogP contribution >= 0.6 is 23.2 Å². The molecule has 0 N–H and O–H groups in total. The van der Waals surface area contributed by atoms with Crippen LogP contribution in [0.3, 0.4) is 0 Å². The molecule has 1 unspecified atom stereocenters. The van der Waals surface area contributed by atoms with E-state index >= 15 is 0 Å². The molecule has 0 aliphatic rings. The van der Waals surface area contributed by atoms with Crippen molar-refractivity contribution in [3.8, 4) is 5.75 Å². The van der Waals surface area contributed by atoms with Crippen molar-refractivity contribution in [3.05, 3.63) is 99.5 Å². The number of hydrogen-bond acceptors (Lipinski definition) is 5. The molecule has 5 nitrogen and oxygen atoms in total. The number of unbranched alkanes of at least 4 members (excludes halogenated alkanes) is 2. The van der Waals surface area contributed by atoms with Crippen molar-refractivity contribution in [2.45, 2.75) is 57.5 Å². The van der Waals surface area contributed by atoms with Gasteiger partial charge in [0.25, 0.3) is 0 Å². The summed E-state index contributed by atoms with van der Waals surface area (Å²) in [7, 11) is 2.01. The number of esters is 1. The molecule has 0 saturated heterocycles. The maximum Gasteiger partial charge on any atom is 0.450 e. The average Bonchev–Trinajstić information content (AvgIpc) is 3.00. The van der Waals surface area contributed by atoms with Gasteiger partial charge in [-0.3, -0.25) is 9.59 Å². The number of rotatable bonds is 18. The van der Waals surface area contributed by atoms with E-state index in [1.54, 1.807) is 31.2 Å². The third kappa shape index (κ3) is 12.7. The highest BCUT2D eigenvalue weighted by Crippen LogP contribution is 2.29. The molecule has 0 amide bonds. The van der Waals surface area contributed by atoms with Crippen LogP contribution in [0.2, 0.25) is 10.0 Å². The van der Waals surface area contributed by atoms with Gasteiger partial charge in [0, 0.05) is 41.4 Å². The number of ketones is 1. The van der Waals surface area contributed by atoms with Gasteiger partial charge in [-0.2, -0.15) is 13.2 Å². The number of carbonyl (C=O) groups excluding carboxylic acids is 2. The van der Waals surface area contributed by atoms with E-state index < -0.39 is 17.9 Å². The lowest BCUT2D eigenvalue weighted by molar-refractivity contribution is -0.175. The summed E-state index contributed by atoms with van der Waals surface area (Å²) in [5, 5.41) is 1.35. The van der Waals surface area contributed by atoms with Crippen LogP contribution in [0.5, 0.6) is 5.75 Å². The summed E-state index contributed by atoms with van der Waals surface area (Å²) in [6.07, 6.45) is -3.14. The number of alkyl halides is 3. The van der Waals surface area contributed by atoms with Crippen LogP contribution in [0.25, 0.3) is 0 Å². The SMILES string of the molecule is CCOC(=O)CCCCCC(Cc1ccc(OCCN(C)CC(c2ccc(Cl)cc2)c2ccc(Cl)cc2)cc1)C(=O)C(F)(F)F. The highest BCUT2D eigenvalue weighted by Gasteiger charge is 2.42. The molecule has 0 saturated carbocycles. The summed E-state index contributed by atoms with van der Waals surface area (Å²) in [6.45, 7) is 3.77. The Bertz CT molecular complexity index is 1290. The van der Waals surface area contributed by atoms with Crippen LogP contribution in [0.15, 0.2) is 72.8 Å². The number of halogens is 5. The van der Waals surface area contributed by atoms with Crippen molar-refractivity contribution in [2.75, 3.05) is 33.4 Å². The van der Waals surface area contributed by atoms with Crippen molar-refractivity contribution in [3.63, 3.8) is 0 Å². The molecule has 0 heterocycles. The first-order valence-electron chi connectivity index (χ1n) is 15.1. The minimum absolute atomic E-state index is 0.0178. The molecular formula is C35H40Cl2F3NO4. The minimum Gasteiger partial charge on any atom is -0.492 e. The molecular weight excluding hydrogens is 626 g/mol.